The highest BCUT2D eigenvalue weighted by molar-refractivity contribution is 8.00. The van der Waals surface area contributed by atoms with Crippen LogP contribution in [0.2, 0.25) is 0 Å². The lowest BCUT2D eigenvalue weighted by molar-refractivity contribution is -0.119. The number of ether oxygens (including phenoxy) is 2. The van der Waals surface area contributed by atoms with E-state index in [9.17, 15) is 9.59 Å². The number of thioether (sulfide) groups is 1. The predicted molar refractivity (Wildman–Crippen MR) is 128 cm³/mol. The second-order valence-electron chi connectivity index (χ2n) is 9.93. The van der Waals surface area contributed by atoms with E-state index in [0.29, 0.717) is 22.5 Å². The van der Waals surface area contributed by atoms with Crippen LogP contribution in [0.4, 0.5) is 4.79 Å². The molecule has 4 aliphatic rings. The number of rotatable bonds is 7. The van der Waals surface area contributed by atoms with Crippen molar-refractivity contribution in [2.24, 2.45) is 17.8 Å². The van der Waals surface area contributed by atoms with Crippen molar-refractivity contribution < 1.29 is 19.1 Å². The molecule has 4 bridgehead atoms. The fourth-order valence-corrected chi connectivity index (χ4v) is 7.10. The number of benzene rings is 1. The smallest absolute Gasteiger partial charge is 0.321 e. The Hall–Kier alpha value is -2.75. The number of nitrogens with one attached hydrogen (secondary N) is 3. The average Bonchev–Trinajstić information content (AvgIpc) is 3.25. The van der Waals surface area contributed by atoms with Crippen molar-refractivity contribution in [3.63, 3.8) is 0 Å². The number of nitrogens with zero attached hydrogens (tertiary/aromatic N) is 2. The Labute approximate surface area is 203 Å². The molecule has 2 aromatic rings. The molecule has 6 rings (SSSR count). The van der Waals surface area contributed by atoms with Gasteiger partial charge in [-0.25, -0.2) is 9.78 Å². The number of aromatic amines is 1. The van der Waals surface area contributed by atoms with Crippen LogP contribution in [0.1, 0.15) is 45.4 Å². The van der Waals surface area contributed by atoms with E-state index in [0.717, 1.165) is 42.6 Å². The Kier molecular flexibility index (Phi) is 6.18. The van der Waals surface area contributed by atoms with Crippen molar-refractivity contribution in [1.29, 1.82) is 0 Å². The van der Waals surface area contributed by atoms with E-state index in [-0.39, 0.29) is 11.4 Å². The lowest BCUT2D eigenvalue weighted by atomic mass is 9.53. The van der Waals surface area contributed by atoms with Crippen LogP contribution in [-0.4, -0.2) is 52.1 Å². The molecule has 182 valence electrons. The Morgan fingerprint density at radius 3 is 2.41 bits per heavy atom. The number of carbonyl (C=O) groups is 2. The van der Waals surface area contributed by atoms with Gasteiger partial charge in [0.15, 0.2) is 5.82 Å². The first-order valence-electron chi connectivity index (χ1n) is 11.8. The summed E-state index contributed by atoms with van der Waals surface area (Å²) in [5, 5.41) is 12.7. The first-order valence-corrected chi connectivity index (χ1v) is 12.7. The second kappa shape index (κ2) is 9.13. The predicted octanol–water partition coefficient (Wildman–Crippen LogP) is 3.76. The molecule has 4 saturated carbocycles. The highest BCUT2D eigenvalue weighted by Crippen LogP contribution is 2.55. The molecule has 0 aliphatic heterocycles. The lowest BCUT2D eigenvalue weighted by Gasteiger charge is -2.56. The maximum absolute atomic E-state index is 12.7. The van der Waals surface area contributed by atoms with Gasteiger partial charge in [-0.3, -0.25) is 15.2 Å². The maximum Gasteiger partial charge on any atom is 0.321 e. The summed E-state index contributed by atoms with van der Waals surface area (Å²) in [4.78, 5) is 29.9. The van der Waals surface area contributed by atoms with Gasteiger partial charge in [0, 0.05) is 11.6 Å². The van der Waals surface area contributed by atoms with E-state index in [4.69, 9.17) is 9.47 Å². The van der Waals surface area contributed by atoms with Gasteiger partial charge in [-0.2, -0.15) is 0 Å². The van der Waals surface area contributed by atoms with Gasteiger partial charge in [0.25, 0.3) is 0 Å². The van der Waals surface area contributed by atoms with Crippen LogP contribution in [0.15, 0.2) is 23.4 Å². The highest BCUT2D eigenvalue weighted by atomic mass is 32.2. The molecule has 1 atom stereocenters. The maximum atomic E-state index is 12.7. The fourth-order valence-electron chi connectivity index (χ4n) is 6.37. The summed E-state index contributed by atoms with van der Waals surface area (Å²) >= 11 is 1.19. The quantitative estimate of drug-likeness (QED) is 0.511. The average molecular weight is 486 g/mol. The molecule has 34 heavy (non-hydrogen) atoms. The molecule has 3 amide bonds. The molecular weight excluding hydrogens is 454 g/mol. The number of carbonyl (C=O) groups excluding carboxylic acids is 2. The third kappa shape index (κ3) is 4.60. The minimum atomic E-state index is -0.538. The Morgan fingerprint density at radius 1 is 1.12 bits per heavy atom. The summed E-state index contributed by atoms with van der Waals surface area (Å²) in [7, 11) is 3.17. The summed E-state index contributed by atoms with van der Waals surface area (Å²) in [6.07, 6.45) is 7.03. The molecule has 1 aromatic heterocycles. The Bertz CT molecular complexity index is 1050. The van der Waals surface area contributed by atoms with E-state index in [2.05, 4.69) is 25.8 Å². The zero-order chi connectivity index (χ0) is 23.9. The number of hydrogen-bond donors (Lipinski definition) is 3. The van der Waals surface area contributed by atoms with Crippen LogP contribution in [0.5, 0.6) is 11.5 Å². The minimum absolute atomic E-state index is 0.133. The van der Waals surface area contributed by atoms with Crippen LogP contribution in [0.25, 0.3) is 11.4 Å². The molecule has 1 aromatic carbocycles. The summed E-state index contributed by atoms with van der Waals surface area (Å²) in [5.41, 5.74) is 0.598. The van der Waals surface area contributed by atoms with Gasteiger partial charge in [0.05, 0.1) is 25.0 Å². The van der Waals surface area contributed by atoms with E-state index < -0.39 is 11.3 Å². The third-order valence-electron chi connectivity index (χ3n) is 7.43. The van der Waals surface area contributed by atoms with Crippen LogP contribution < -0.4 is 20.1 Å². The minimum Gasteiger partial charge on any atom is -0.497 e. The van der Waals surface area contributed by atoms with Crippen molar-refractivity contribution in [1.82, 2.24) is 25.8 Å². The molecule has 9 nitrogen and oxygen atoms in total. The molecule has 0 spiro atoms. The van der Waals surface area contributed by atoms with E-state index >= 15 is 0 Å². The highest BCUT2D eigenvalue weighted by Gasteiger charge is 2.51. The number of aromatic nitrogens is 3. The van der Waals surface area contributed by atoms with Crippen molar-refractivity contribution in [2.45, 2.75) is 61.4 Å². The first kappa shape index (κ1) is 23.0. The SMILES string of the molecule is COc1ccc(-c2nc(SC(C)C(=O)NC(=O)NC34CC5CC(CC(C5)C3)C4)n[nH]2)c(OC)c1. The van der Waals surface area contributed by atoms with Crippen LogP contribution in [0, 0.1) is 17.8 Å². The standard InChI is InChI=1S/C24H31N5O4S/c1-13(34-23-25-20(28-29-23)18-5-4-17(32-2)9-19(18)33-3)21(30)26-22(31)27-24-10-14-6-15(11-24)8-16(7-14)12-24/h4-5,9,13-16H,6-8,10-12H2,1-3H3,(H,25,28,29)(H2,26,27,30,31). The van der Waals surface area contributed by atoms with Gasteiger partial charge in [-0.1, -0.05) is 11.8 Å². The molecule has 1 heterocycles. The van der Waals surface area contributed by atoms with Crippen LogP contribution in [0.3, 0.4) is 0 Å². The topological polar surface area (TPSA) is 118 Å². The lowest BCUT2D eigenvalue weighted by Crippen LogP contribution is -2.62. The summed E-state index contributed by atoms with van der Waals surface area (Å²) < 4.78 is 10.7. The number of urea groups is 1. The van der Waals surface area contributed by atoms with E-state index in [1.54, 1.807) is 27.2 Å². The molecule has 4 aliphatic carbocycles. The van der Waals surface area contributed by atoms with Crippen molar-refractivity contribution >= 4 is 23.7 Å². The third-order valence-corrected chi connectivity index (χ3v) is 8.39. The fraction of sp³-hybridized carbons (Fsp3) is 0.583. The first-order chi connectivity index (χ1) is 16.4. The van der Waals surface area contributed by atoms with Gasteiger partial charge in [-0.15, -0.1) is 5.10 Å². The molecule has 0 radical (unpaired) electrons. The molecule has 10 heteroatoms. The summed E-state index contributed by atoms with van der Waals surface area (Å²) in [6.45, 7) is 1.74. The normalized spacial score (nSPS) is 27.8. The summed E-state index contributed by atoms with van der Waals surface area (Å²) in [5.74, 6) is 3.60. The van der Waals surface area contributed by atoms with Crippen molar-refractivity contribution in [3.05, 3.63) is 18.2 Å². The molecule has 1 unspecified atom stereocenters. The van der Waals surface area contributed by atoms with Crippen molar-refractivity contribution in [2.75, 3.05) is 14.2 Å². The molecule has 3 N–H and O–H groups in total. The van der Waals surface area contributed by atoms with Gasteiger partial charge in [0.2, 0.25) is 11.1 Å². The van der Waals surface area contributed by atoms with E-state index in [1.165, 1.54) is 31.0 Å². The van der Waals surface area contributed by atoms with E-state index in [1.807, 2.05) is 12.1 Å². The Morgan fingerprint density at radius 2 is 1.79 bits per heavy atom. The second-order valence-corrected chi connectivity index (χ2v) is 11.2. The van der Waals surface area contributed by atoms with Gasteiger partial charge >= 0.3 is 6.03 Å². The van der Waals surface area contributed by atoms with Crippen LogP contribution in [-0.2, 0) is 4.79 Å². The number of amides is 3. The van der Waals surface area contributed by atoms with Gasteiger partial charge < -0.3 is 14.8 Å². The zero-order valence-electron chi connectivity index (χ0n) is 19.7. The molecule has 0 saturated heterocycles. The van der Waals surface area contributed by atoms with Gasteiger partial charge in [0.1, 0.15) is 11.5 Å². The molecular formula is C24H31N5O4S. The zero-order valence-corrected chi connectivity index (χ0v) is 20.5. The number of hydrogen-bond acceptors (Lipinski definition) is 7. The molecule has 4 fully saturated rings. The van der Waals surface area contributed by atoms with Crippen LogP contribution >= 0.6 is 11.8 Å². The van der Waals surface area contributed by atoms with Gasteiger partial charge in [-0.05, 0) is 75.3 Å². The number of imide groups is 1. The monoisotopic (exact) mass is 485 g/mol. The van der Waals surface area contributed by atoms with Crippen molar-refractivity contribution in [3.8, 4) is 22.9 Å². The Balaban J connectivity index is 1.18. The largest absolute Gasteiger partial charge is 0.497 e. The number of methoxy groups -OCH3 is 2. The number of H-pyrrole nitrogens is 1. The summed E-state index contributed by atoms with van der Waals surface area (Å²) in [6, 6.07) is 5.02.